The summed E-state index contributed by atoms with van der Waals surface area (Å²) in [4.78, 5) is 11.2. The zero-order chi connectivity index (χ0) is 15.4. The van der Waals surface area contributed by atoms with Crippen LogP contribution in [0.4, 0.5) is 0 Å². The predicted octanol–water partition coefficient (Wildman–Crippen LogP) is 1.92. The number of halogens is 3. The average Bonchev–Trinajstić information content (AvgIpc) is 2.92. The number of hydrogen-bond acceptors (Lipinski definition) is 5. The normalized spacial score (nSPS) is 10.5. The fraction of sp³-hybridized carbons (Fsp3) is 0.182. The highest BCUT2D eigenvalue weighted by molar-refractivity contribution is 6.43. The van der Waals surface area contributed by atoms with Crippen molar-refractivity contribution in [2.24, 2.45) is 5.84 Å². The molecule has 0 aliphatic heterocycles. The molecule has 1 aromatic heterocycles. The molecule has 1 amide bonds. The summed E-state index contributed by atoms with van der Waals surface area (Å²) in [5, 5.41) is 8.47. The molecule has 112 valence electrons. The van der Waals surface area contributed by atoms with Gasteiger partial charge >= 0.3 is 0 Å². The fourth-order valence-corrected chi connectivity index (χ4v) is 2.04. The van der Waals surface area contributed by atoms with Gasteiger partial charge < -0.3 is 4.74 Å². The lowest BCUT2D eigenvalue weighted by Gasteiger charge is -2.09. The van der Waals surface area contributed by atoms with Gasteiger partial charge in [-0.05, 0) is 6.07 Å². The van der Waals surface area contributed by atoms with Gasteiger partial charge in [0.1, 0.15) is 12.4 Å². The smallest absolute Gasteiger partial charge is 0.287 e. The molecular formula is C11H10Cl3N5O2. The monoisotopic (exact) mass is 349 g/mol. The summed E-state index contributed by atoms with van der Waals surface area (Å²) in [6, 6.07) is 3.03. The Morgan fingerprint density at radius 3 is 2.71 bits per heavy atom. The Labute approximate surface area is 134 Å². The van der Waals surface area contributed by atoms with Crippen LogP contribution in [0, 0.1) is 0 Å². The van der Waals surface area contributed by atoms with Gasteiger partial charge in [-0.3, -0.25) is 10.2 Å². The van der Waals surface area contributed by atoms with Crippen LogP contribution in [0.3, 0.4) is 0 Å². The number of aromatic nitrogens is 3. The number of nitrogens with zero attached hydrogens (tertiary/aromatic N) is 3. The number of amides is 1. The van der Waals surface area contributed by atoms with Crippen LogP contribution in [0.1, 0.15) is 10.5 Å². The lowest BCUT2D eigenvalue weighted by Crippen LogP contribution is -2.30. The van der Waals surface area contributed by atoms with E-state index in [-0.39, 0.29) is 12.3 Å². The quantitative estimate of drug-likeness (QED) is 0.372. The van der Waals surface area contributed by atoms with Crippen LogP contribution < -0.4 is 16.0 Å². The highest BCUT2D eigenvalue weighted by Crippen LogP contribution is 2.33. The Balaban J connectivity index is 1.94. The minimum absolute atomic E-state index is 0.116. The maximum Gasteiger partial charge on any atom is 0.287 e. The molecule has 21 heavy (non-hydrogen) atoms. The van der Waals surface area contributed by atoms with Crippen molar-refractivity contribution in [3.8, 4) is 5.75 Å². The topological polar surface area (TPSA) is 95.1 Å². The van der Waals surface area contributed by atoms with Crippen LogP contribution in [0.2, 0.25) is 15.1 Å². The molecule has 7 nitrogen and oxygen atoms in total. The Bertz CT molecular complexity index is 661. The molecule has 3 N–H and O–H groups in total. The molecule has 2 aromatic rings. The zero-order valence-electron chi connectivity index (χ0n) is 10.5. The van der Waals surface area contributed by atoms with Gasteiger partial charge in [0.15, 0.2) is 5.69 Å². The second-order valence-corrected chi connectivity index (χ2v) is 5.11. The zero-order valence-corrected chi connectivity index (χ0v) is 12.8. The average molecular weight is 351 g/mol. The van der Waals surface area contributed by atoms with Gasteiger partial charge in [-0.2, -0.15) is 0 Å². The van der Waals surface area contributed by atoms with Crippen molar-refractivity contribution in [1.82, 2.24) is 20.4 Å². The van der Waals surface area contributed by atoms with E-state index in [1.54, 1.807) is 0 Å². The Morgan fingerprint density at radius 1 is 1.29 bits per heavy atom. The van der Waals surface area contributed by atoms with Crippen LogP contribution >= 0.6 is 34.8 Å². The molecule has 0 radical (unpaired) electrons. The van der Waals surface area contributed by atoms with Gasteiger partial charge in [-0.1, -0.05) is 40.0 Å². The SMILES string of the molecule is NNC(=O)c1cn(CCOc2cc(Cl)c(Cl)cc2Cl)nn1. The first kappa shape index (κ1) is 15.8. The van der Waals surface area contributed by atoms with Crippen LogP contribution in [-0.4, -0.2) is 27.5 Å². The summed E-state index contributed by atoms with van der Waals surface area (Å²) in [7, 11) is 0. The van der Waals surface area contributed by atoms with Gasteiger partial charge in [0.25, 0.3) is 5.91 Å². The van der Waals surface area contributed by atoms with E-state index in [1.807, 2.05) is 5.43 Å². The van der Waals surface area contributed by atoms with E-state index in [9.17, 15) is 4.79 Å². The van der Waals surface area contributed by atoms with E-state index in [0.29, 0.717) is 27.4 Å². The van der Waals surface area contributed by atoms with E-state index < -0.39 is 5.91 Å². The number of carbonyl (C=O) groups excluding carboxylic acids is 1. The van der Waals surface area contributed by atoms with Gasteiger partial charge in [0.2, 0.25) is 0 Å². The van der Waals surface area contributed by atoms with Gasteiger partial charge in [0, 0.05) is 6.07 Å². The first-order chi connectivity index (χ1) is 10.0. The third-order valence-corrected chi connectivity index (χ3v) is 3.47. The predicted molar refractivity (Wildman–Crippen MR) is 78.6 cm³/mol. The van der Waals surface area contributed by atoms with Crippen LogP contribution in [0.25, 0.3) is 0 Å². The van der Waals surface area contributed by atoms with Gasteiger partial charge in [0.05, 0.1) is 27.8 Å². The van der Waals surface area contributed by atoms with Crippen molar-refractivity contribution >= 4 is 40.7 Å². The molecule has 10 heteroatoms. The van der Waals surface area contributed by atoms with E-state index in [1.165, 1.54) is 23.0 Å². The second kappa shape index (κ2) is 6.95. The van der Waals surface area contributed by atoms with E-state index >= 15 is 0 Å². The molecule has 0 spiro atoms. The summed E-state index contributed by atoms with van der Waals surface area (Å²) < 4.78 is 6.92. The maximum absolute atomic E-state index is 11.2. The van der Waals surface area contributed by atoms with Crippen molar-refractivity contribution < 1.29 is 9.53 Å². The van der Waals surface area contributed by atoms with Crippen LogP contribution in [0.5, 0.6) is 5.75 Å². The molecule has 0 fully saturated rings. The number of hydrazine groups is 1. The van der Waals surface area contributed by atoms with Crippen molar-refractivity contribution in [2.45, 2.75) is 6.54 Å². The second-order valence-electron chi connectivity index (χ2n) is 3.89. The molecular weight excluding hydrogens is 341 g/mol. The first-order valence-electron chi connectivity index (χ1n) is 5.69. The van der Waals surface area contributed by atoms with Gasteiger partial charge in [-0.25, -0.2) is 10.5 Å². The summed E-state index contributed by atoms with van der Waals surface area (Å²) in [5.41, 5.74) is 2.08. The van der Waals surface area contributed by atoms with Crippen molar-refractivity contribution in [3.05, 3.63) is 39.1 Å². The number of benzene rings is 1. The van der Waals surface area contributed by atoms with E-state index in [4.69, 9.17) is 45.4 Å². The number of nitrogen functional groups attached to an aromatic ring is 1. The van der Waals surface area contributed by atoms with Gasteiger partial charge in [-0.15, -0.1) is 5.10 Å². The van der Waals surface area contributed by atoms with Crippen molar-refractivity contribution in [3.63, 3.8) is 0 Å². The van der Waals surface area contributed by atoms with E-state index in [2.05, 4.69) is 10.3 Å². The Hall–Kier alpha value is -1.54. The molecule has 0 aliphatic rings. The maximum atomic E-state index is 11.2. The Morgan fingerprint density at radius 2 is 2.00 bits per heavy atom. The standard InChI is InChI=1S/C11H10Cl3N5O2/c12-6-3-8(14)10(4-7(6)13)21-2-1-19-5-9(17-18-19)11(20)16-15/h3-5H,1-2,15H2,(H,16,20). The third-order valence-electron chi connectivity index (χ3n) is 2.46. The number of nitrogens with two attached hydrogens (primary N) is 1. The molecule has 0 saturated heterocycles. The summed E-state index contributed by atoms with van der Waals surface area (Å²) in [6.07, 6.45) is 1.45. The molecule has 0 saturated carbocycles. The number of rotatable bonds is 5. The summed E-state index contributed by atoms with van der Waals surface area (Å²) in [5.74, 6) is 4.88. The minimum atomic E-state index is -0.519. The fourth-order valence-electron chi connectivity index (χ4n) is 1.45. The lowest BCUT2D eigenvalue weighted by atomic mass is 10.3. The Kier molecular flexibility index (Phi) is 5.24. The minimum Gasteiger partial charge on any atom is -0.490 e. The van der Waals surface area contributed by atoms with Crippen molar-refractivity contribution in [1.29, 1.82) is 0 Å². The van der Waals surface area contributed by atoms with Crippen LogP contribution in [0.15, 0.2) is 18.3 Å². The number of carbonyl (C=O) groups is 1. The summed E-state index contributed by atoms with van der Waals surface area (Å²) in [6.45, 7) is 0.617. The highest BCUT2D eigenvalue weighted by Gasteiger charge is 2.10. The largest absolute Gasteiger partial charge is 0.490 e. The third kappa shape index (κ3) is 3.98. The van der Waals surface area contributed by atoms with E-state index in [0.717, 1.165) is 0 Å². The number of ether oxygens (including phenoxy) is 1. The molecule has 0 unspecified atom stereocenters. The molecule has 2 rings (SSSR count). The highest BCUT2D eigenvalue weighted by atomic mass is 35.5. The molecule has 0 aliphatic carbocycles. The molecule has 0 bridgehead atoms. The molecule has 1 heterocycles. The number of nitrogens with one attached hydrogen (secondary N) is 1. The number of hydrogen-bond donors (Lipinski definition) is 2. The molecule has 1 aromatic carbocycles. The lowest BCUT2D eigenvalue weighted by molar-refractivity contribution is 0.0948. The summed E-state index contributed by atoms with van der Waals surface area (Å²) >= 11 is 17.7. The van der Waals surface area contributed by atoms with Crippen LogP contribution in [-0.2, 0) is 6.54 Å². The first-order valence-corrected chi connectivity index (χ1v) is 6.83. The molecule has 0 atom stereocenters. The van der Waals surface area contributed by atoms with Crippen molar-refractivity contribution in [2.75, 3.05) is 6.61 Å².